The van der Waals surface area contributed by atoms with Crippen LogP contribution < -0.4 is 24.8 Å². The number of nitrogens with zero attached hydrogens (tertiary/aromatic N) is 3. The number of rotatable bonds is 12. The van der Waals surface area contributed by atoms with Gasteiger partial charge in [-0.05, 0) is 42.8 Å². The third-order valence-electron chi connectivity index (χ3n) is 4.97. The summed E-state index contributed by atoms with van der Waals surface area (Å²) in [5, 5.41) is 14.4. The molecule has 1 heterocycles. The number of amides is 2. The molecule has 1 aromatic heterocycles. The molecule has 2 aromatic carbocycles. The SMILES string of the molecule is CCOc1ccccc1NC(=O)CSc1nnc(CNC(=O)/C=C/c2ccc(OC)c(OC)c2)n1C. The van der Waals surface area contributed by atoms with Gasteiger partial charge in [0.25, 0.3) is 0 Å². The lowest BCUT2D eigenvalue weighted by Gasteiger charge is -2.11. The molecule has 3 aromatic rings. The van der Waals surface area contributed by atoms with Crippen LogP contribution in [0.2, 0.25) is 0 Å². The van der Waals surface area contributed by atoms with E-state index in [-0.39, 0.29) is 24.1 Å². The first-order valence-corrected chi connectivity index (χ1v) is 12.1. The summed E-state index contributed by atoms with van der Waals surface area (Å²) in [6.45, 7) is 2.58. The maximum absolute atomic E-state index is 12.4. The summed E-state index contributed by atoms with van der Waals surface area (Å²) in [6.07, 6.45) is 3.11. The van der Waals surface area contributed by atoms with Crippen LogP contribution in [0, 0.1) is 0 Å². The van der Waals surface area contributed by atoms with Gasteiger partial charge >= 0.3 is 0 Å². The largest absolute Gasteiger partial charge is 0.493 e. The predicted octanol–water partition coefficient (Wildman–Crippen LogP) is 3.29. The van der Waals surface area contributed by atoms with Gasteiger partial charge in [0.15, 0.2) is 22.5 Å². The average molecular weight is 512 g/mol. The molecule has 0 atom stereocenters. The Kier molecular flexibility index (Phi) is 9.75. The van der Waals surface area contributed by atoms with Gasteiger partial charge in [0.2, 0.25) is 11.8 Å². The average Bonchev–Trinajstić information content (AvgIpc) is 3.25. The summed E-state index contributed by atoms with van der Waals surface area (Å²) in [5.41, 5.74) is 1.41. The minimum Gasteiger partial charge on any atom is -0.493 e. The van der Waals surface area contributed by atoms with Crippen molar-refractivity contribution in [3.8, 4) is 17.2 Å². The number of carbonyl (C=O) groups excluding carboxylic acids is 2. The number of ether oxygens (including phenoxy) is 3. The van der Waals surface area contributed by atoms with Crippen molar-refractivity contribution >= 4 is 35.3 Å². The van der Waals surface area contributed by atoms with Gasteiger partial charge in [-0.3, -0.25) is 9.59 Å². The van der Waals surface area contributed by atoms with Crippen molar-refractivity contribution in [1.29, 1.82) is 0 Å². The highest BCUT2D eigenvalue weighted by atomic mass is 32.2. The molecule has 0 spiro atoms. The molecule has 0 fully saturated rings. The molecule has 10 nitrogen and oxygen atoms in total. The van der Waals surface area contributed by atoms with Crippen LogP contribution in [0.1, 0.15) is 18.3 Å². The van der Waals surface area contributed by atoms with Crippen molar-refractivity contribution in [1.82, 2.24) is 20.1 Å². The molecule has 0 aliphatic carbocycles. The highest BCUT2D eigenvalue weighted by Gasteiger charge is 2.13. The number of aromatic nitrogens is 3. The van der Waals surface area contributed by atoms with Crippen molar-refractivity contribution in [3.63, 3.8) is 0 Å². The van der Waals surface area contributed by atoms with Crippen LogP contribution in [0.25, 0.3) is 6.08 Å². The molecular formula is C25H29N5O5S. The van der Waals surface area contributed by atoms with E-state index >= 15 is 0 Å². The molecule has 0 unspecified atom stereocenters. The zero-order valence-corrected chi connectivity index (χ0v) is 21.4. The standard InChI is InChI=1S/C25H29N5O5S/c1-5-35-19-9-7-6-8-18(19)27-24(32)16-36-25-29-28-22(30(25)2)15-26-23(31)13-11-17-10-12-20(33-3)21(14-17)34-4/h6-14H,5,15-16H2,1-4H3,(H,26,31)(H,27,32)/b13-11+. The van der Waals surface area contributed by atoms with Crippen molar-refractivity contribution < 1.29 is 23.8 Å². The second kappa shape index (κ2) is 13.2. The van der Waals surface area contributed by atoms with E-state index in [1.54, 1.807) is 56.2 Å². The highest BCUT2D eigenvalue weighted by Crippen LogP contribution is 2.28. The Hall–Kier alpha value is -3.99. The second-order valence-electron chi connectivity index (χ2n) is 7.39. The van der Waals surface area contributed by atoms with Gasteiger partial charge < -0.3 is 29.4 Å². The quantitative estimate of drug-likeness (QED) is 0.281. The maximum Gasteiger partial charge on any atom is 0.244 e. The van der Waals surface area contributed by atoms with Crippen LogP contribution in [0.15, 0.2) is 53.7 Å². The molecule has 2 N–H and O–H groups in total. The number of para-hydroxylation sites is 2. The summed E-state index contributed by atoms with van der Waals surface area (Å²) in [7, 11) is 4.90. The molecule has 0 saturated carbocycles. The lowest BCUT2D eigenvalue weighted by atomic mass is 10.2. The van der Waals surface area contributed by atoms with Gasteiger partial charge in [-0.1, -0.05) is 30.0 Å². The summed E-state index contributed by atoms with van der Waals surface area (Å²) < 4.78 is 17.8. The van der Waals surface area contributed by atoms with Crippen molar-refractivity contribution in [2.45, 2.75) is 18.6 Å². The molecule has 0 aliphatic heterocycles. The zero-order chi connectivity index (χ0) is 25.9. The molecule has 11 heteroatoms. The Morgan fingerprint density at radius 1 is 1.06 bits per heavy atom. The van der Waals surface area contributed by atoms with E-state index in [0.29, 0.717) is 40.5 Å². The molecule has 0 aliphatic rings. The number of hydrogen-bond donors (Lipinski definition) is 2. The van der Waals surface area contributed by atoms with E-state index in [4.69, 9.17) is 14.2 Å². The predicted molar refractivity (Wildman–Crippen MR) is 138 cm³/mol. The molecule has 3 rings (SSSR count). The zero-order valence-electron chi connectivity index (χ0n) is 20.6. The van der Waals surface area contributed by atoms with Crippen LogP contribution in [-0.4, -0.2) is 53.2 Å². The van der Waals surface area contributed by atoms with Crippen LogP contribution in [-0.2, 0) is 23.2 Å². The van der Waals surface area contributed by atoms with Gasteiger partial charge in [-0.2, -0.15) is 0 Å². The van der Waals surface area contributed by atoms with Crippen LogP contribution in [0.5, 0.6) is 17.2 Å². The van der Waals surface area contributed by atoms with Gasteiger partial charge in [0.1, 0.15) is 5.75 Å². The van der Waals surface area contributed by atoms with E-state index in [1.807, 2.05) is 25.1 Å². The molecule has 36 heavy (non-hydrogen) atoms. The molecular weight excluding hydrogens is 482 g/mol. The van der Waals surface area contributed by atoms with E-state index in [9.17, 15) is 9.59 Å². The van der Waals surface area contributed by atoms with E-state index in [1.165, 1.54) is 17.8 Å². The molecule has 0 bridgehead atoms. The molecule has 0 saturated heterocycles. The third-order valence-corrected chi connectivity index (χ3v) is 5.99. The number of carbonyl (C=O) groups is 2. The number of anilines is 1. The Balaban J connectivity index is 1.50. The maximum atomic E-state index is 12.4. The van der Waals surface area contributed by atoms with Crippen LogP contribution in [0.4, 0.5) is 5.69 Å². The first kappa shape index (κ1) is 26.6. The monoisotopic (exact) mass is 511 g/mol. The van der Waals surface area contributed by atoms with Crippen LogP contribution in [0.3, 0.4) is 0 Å². The van der Waals surface area contributed by atoms with E-state index < -0.39 is 0 Å². The lowest BCUT2D eigenvalue weighted by molar-refractivity contribution is -0.116. The fourth-order valence-electron chi connectivity index (χ4n) is 3.15. The normalized spacial score (nSPS) is 10.8. The number of hydrogen-bond acceptors (Lipinski definition) is 8. The van der Waals surface area contributed by atoms with Crippen molar-refractivity contribution in [2.75, 3.05) is 31.9 Å². The Morgan fingerprint density at radius 2 is 1.83 bits per heavy atom. The fourth-order valence-corrected chi connectivity index (χ4v) is 3.88. The Labute approximate surface area is 214 Å². The minimum absolute atomic E-state index is 0.146. The fraction of sp³-hybridized carbons (Fsp3) is 0.280. The van der Waals surface area contributed by atoms with Gasteiger partial charge in [-0.25, -0.2) is 0 Å². The number of nitrogens with one attached hydrogen (secondary N) is 2. The number of methoxy groups -OCH3 is 2. The Bertz CT molecular complexity index is 1230. The van der Waals surface area contributed by atoms with Gasteiger partial charge in [0, 0.05) is 13.1 Å². The highest BCUT2D eigenvalue weighted by molar-refractivity contribution is 7.99. The summed E-state index contributed by atoms with van der Waals surface area (Å²) in [4.78, 5) is 24.7. The molecule has 0 radical (unpaired) electrons. The van der Waals surface area contributed by atoms with E-state index in [2.05, 4.69) is 20.8 Å². The topological polar surface area (TPSA) is 117 Å². The summed E-state index contributed by atoms with van der Waals surface area (Å²) in [5.74, 6) is 2.05. The number of thioether (sulfide) groups is 1. The lowest BCUT2D eigenvalue weighted by Crippen LogP contribution is -2.22. The van der Waals surface area contributed by atoms with Crippen molar-refractivity contribution in [2.24, 2.45) is 7.05 Å². The van der Waals surface area contributed by atoms with Gasteiger partial charge in [0.05, 0.1) is 38.8 Å². The summed E-state index contributed by atoms with van der Waals surface area (Å²) >= 11 is 1.25. The smallest absolute Gasteiger partial charge is 0.244 e. The number of benzene rings is 2. The first-order valence-electron chi connectivity index (χ1n) is 11.2. The van der Waals surface area contributed by atoms with E-state index in [0.717, 1.165) is 5.56 Å². The Morgan fingerprint density at radius 3 is 2.58 bits per heavy atom. The van der Waals surface area contributed by atoms with Gasteiger partial charge in [-0.15, -0.1) is 10.2 Å². The van der Waals surface area contributed by atoms with Crippen LogP contribution >= 0.6 is 11.8 Å². The summed E-state index contributed by atoms with van der Waals surface area (Å²) in [6, 6.07) is 12.6. The first-order chi connectivity index (χ1) is 17.4. The third kappa shape index (κ3) is 7.25. The molecule has 2 amide bonds. The molecule has 190 valence electrons. The second-order valence-corrected chi connectivity index (χ2v) is 8.33. The van der Waals surface area contributed by atoms with Crippen molar-refractivity contribution in [3.05, 3.63) is 59.9 Å². The minimum atomic E-state index is -0.283.